The highest BCUT2D eigenvalue weighted by Crippen LogP contribution is 2.30. The van der Waals surface area contributed by atoms with Crippen LogP contribution in [0.15, 0.2) is 59.4 Å². The van der Waals surface area contributed by atoms with E-state index in [1.807, 2.05) is 13.0 Å². The van der Waals surface area contributed by atoms with Gasteiger partial charge in [-0.15, -0.1) is 5.10 Å². The van der Waals surface area contributed by atoms with Crippen LogP contribution in [0.25, 0.3) is 22.5 Å². The first-order valence-electron chi connectivity index (χ1n) is 12.3. The Hall–Kier alpha value is -4.45. The van der Waals surface area contributed by atoms with Crippen LogP contribution in [0.1, 0.15) is 30.4 Å². The van der Waals surface area contributed by atoms with Crippen LogP contribution >= 0.6 is 0 Å². The number of carbonyl (C=O) groups excluding carboxylic acids is 1. The normalized spacial score (nSPS) is 13.9. The van der Waals surface area contributed by atoms with Crippen molar-refractivity contribution >= 4 is 28.6 Å². The lowest BCUT2D eigenvalue weighted by molar-refractivity contribution is -0.137. The third-order valence-corrected chi connectivity index (χ3v) is 6.47. The predicted molar refractivity (Wildman–Crippen MR) is 140 cm³/mol. The number of aromatic nitrogens is 4. The number of fused-ring (bicyclic) bond motifs is 1. The minimum atomic E-state index is -4.49. The zero-order valence-electron chi connectivity index (χ0n) is 21.0. The number of alkyl halides is 3. The Morgan fingerprint density at radius 3 is 2.54 bits per heavy atom. The zero-order valence-corrected chi connectivity index (χ0v) is 21.0. The van der Waals surface area contributed by atoms with Crippen molar-refractivity contribution in [1.29, 1.82) is 0 Å². The van der Waals surface area contributed by atoms with Crippen LogP contribution in [-0.2, 0) is 28.7 Å². The van der Waals surface area contributed by atoms with Crippen molar-refractivity contribution in [1.82, 2.24) is 19.2 Å². The Kier molecular flexibility index (Phi) is 6.96. The molecule has 0 unspecified atom stereocenters. The van der Waals surface area contributed by atoms with Gasteiger partial charge in [-0.05, 0) is 48.7 Å². The fourth-order valence-electron chi connectivity index (χ4n) is 4.58. The molecule has 12 heteroatoms. The molecule has 0 saturated carbocycles. The van der Waals surface area contributed by atoms with Gasteiger partial charge in [0.25, 0.3) is 5.56 Å². The lowest BCUT2D eigenvalue weighted by atomic mass is 10.0. The molecule has 0 spiro atoms. The SMILES string of the molecule is CCc1c(-c2ccccc2N)c(=O)n2nc(C3=CCOCC3)nc2n1CC(=O)Nc1ccc(C(F)(F)F)cc1. The van der Waals surface area contributed by atoms with Crippen LogP contribution in [0.4, 0.5) is 24.5 Å². The number of nitrogen functional groups attached to an aromatic ring is 1. The number of hydrogen-bond acceptors (Lipinski definition) is 6. The number of nitrogens with two attached hydrogens (primary N) is 1. The molecule has 202 valence electrons. The van der Waals surface area contributed by atoms with Gasteiger partial charge in [-0.1, -0.05) is 31.2 Å². The van der Waals surface area contributed by atoms with E-state index in [9.17, 15) is 22.8 Å². The molecule has 0 fully saturated rings. The van der Waals surface area contributed by atoms with Crippen molar-refractivity contribution in [3.05, 3.63) is 82.0 Å². The molecule has 0 aliphatic carbocycles. The molecule has 0 saturated heterocycles. The average Bonchev–Trinajstić information content (AvgIpc) is 3.37. The first-order chi connectivity index (χ1) is 18.7. The van der Waals surface area contributed by atoms with Gasteiger partial charge in [0.1, 0.15) is 6.54 Å². The van der Waals surface area contributed by atoms with Crippen molar-refractivity contribution in [3.8, 4) is 11.1 Å². The van der Waals surface area contributed by atoms with Gasteiger partial charge >= 0.3 is 6.18 Å². The summed E-state index contributed by atoms with van der Waals surface area (Å²) in [6, 6.07) is 11.1. The first-order valence-corrected chi connectivity index (χ1v) is 12.3. The van der Waals surface area contributed by atoms with Crippen molar-refractivity contribution in [2.45, 2.75) is 32.5 Å². The highest BCUT2D eigenvalue weighted by Gasteiger charge is 2.30. The number of amides is 1. The molecular formula is C27H25F3N6O3. The molecule has 0 radical (unpaired) electrons. The van der Waals surface area contributed by atoms with Crippen LogP contribution < -0.4 is 16.6 Å². The van der Waals surface area contributed by atoms with Crippen molar-refractivity contribution < 1.29 is 22.7 Å². The Bertz CT molecular complexity index is 1640. The predicted octanol–water partition coefficient (Wildman–Crippen LogP) is 4.16. The summed E-state index contributed by atoms with van der Waals surface area (Å²) >= 11 is 0. The molecule has 3 N–H and O–H groups in total. The van der Waals surface area contributed by atoms with Gasteiger partial charge in [0, 0.05) is 22.6 Å². The van der Waals surface area contributed by atoms with E-state index < -0.39 is 23.2 Å². The van der Waals surface area contributed by atoms with Gasteiger partial charge < -0.3 is 20.4 Å². The van der Waals surface area contributed by atoms with Gasteiger partial charge in [0.05, 0.1) is 24.3 Å². The lowest BCUT2D eigenvalue weighted by Crippen LogP contribution is -2.29. The van der Waals surface area contributed by atoms with Crippen LogP contribution in [0.5, 0.6) is 0 Å². The molecule has 0 atom stereocenters. The molecule has 0 bridgehead atoms. The van der Waals surface area contributed by atoms with E-state index in [1.165, 1.54) is 12.1 Å². The summed E-state index contributed by atoms with van der Waals surface area (Å²) in [6.45, 7) is 2.47. The van der Waals surface area contributed by atoms with Crippen molar-refractivity contribution in [2.24, 2.45) is 0 Å². The maximum Gasteiger partial charge on any atom is 0.416 e. The highest BCUT2D eigenvalue weighted by atomic mass is 19.4. The number of hydrogen-bond donors (Lipinski definition) is 2. The number of halogens is 3. The van der Waals surface area contributed by atoms with Crippen LogP contribution in [-0.4, -0.2) is 38.3 Å². The van der Waals surface area contributed by atoms with Gasteiger partial charge in [0.15, 0.2) is 5.82 Å². The zero-order chi connectivity index (χ0) is 27.7. The van der Waals surface area contributed by atoms with E-state index in [0.29, 0.717) is 54.4 Å². The van der Waals surface area contributed by atoms with E-state index >= 15 is 0 Å². The number of rotatable bonds is 6. The fraction of sp³-hybridized carbons (Fsp3) is 0.259. The quantitative estimate of drug-likeness (QED) is 0.356. The van der Waals surface area contributed by atoms with Crippen LogP contribution in [0.3, 0.4) is 0 Å². The maximum absolute atomic E-state index is 13.8. The number of para-hydroxylation sites is 1. The van der Waals surface area contributed by atoms with Crippen LogP contribution in [0, 0.1) is 0 Å². The van der Waals surface area contributed by atoms with Gasteiger partial charge in [0.2, 0.25) is 11.7 Å². The molecular weight excluding hydrogens is 513 g/mol. The Balaban J connectivity index is 1.61. The summed E-state index contributed by atoms with van der Waals surface area (Å²) in [7, 11) is 0. The lowest BCUT2D eigenvalue weighted by Gasteiger charge is -2.18. The molecule has 9 nitrogen and oxygen atoms in total. The molecule has 39 heavy (non-hydrogen) atoms. The third kappa shape index (κ3) is 5.15. The number of carbonyl (C=O) groups is 1. The Morgan fingerprint density at radius 1 is 1.15 bits per heavy atom. The summed E-state index contributed by atoms with van der Waals surface area (Å²) in [6.07, 6.45) is -1.71. The molecule has 4 aromatic rings. The van der Waals surface area contributed by atoms with Crippen LogP contribution in [0.2, 0.25) is 0 Å². The molecule has 3 heterocycles. The molecule has 5 rings (SSSR count). The summed E-state index contributed by atoms with van der Waals surface area (Å²) in [5, 5.41) is 7.11. The van der Waals surface area contributed by atoms with Gasteiger partial charge in [-0.2, -0.15) is 22.7 Å². The number of benzene rings is 2. The second kappa shape index (κ2) is 10.4. The van der Waals surface area contributed by atoms with E-state index in [2.05, 4.69) is 15.4 Å². The van der Waals surface area contributed by atoms with E-state index in [4.69, 9.17) is 10.5 Å². The van der Waals surface area contributed by atoms with E-state index in [0.717, 1.165) is 22.2 Å². The summed E-state index contributed by atoms with van der Waals surface area (Å²) in [5.74, 6) is 0.00409. The smallest absolute Gasteiger partial charge is 0.398 e. The standard InChI is InChI=1S/C27H25F3N6O3/c1-2-21-23(19-5-3-4-6-20(19)31)25(38)36-26(33-24(34-36)16-11-13-39-14-12-16)35(21)15-22(37)32-18-9-7-17(8-10-18)27(28,29)30/h3-11H,2,12-15,31H2,1H3,(H,32,37). The number of anilines is 2. The topological polar surface area (TPSA) is 117 Å². The van der Waals surface area contributed by atoms with E-state index in [1.54, 1.807) is 28.8 Å². The monoisotopic (exact) mass is 538 g/mol. The number of ether oxygens (including phenoxy) is 1. The molecule has 1 amide bonds. The molecule has 1 aliphatic rings. The number of nitrogens with zero attached hydrogens (tertiary/aromatic N) is 4. The number of nitrogens with one attached hydrogen (secondary N) is 1. The highest BCUT2D eigenvalue weighted by molar-refractivity contribution is 5.91. The van der Waals surface area contributed by atoms with Crippen molar-refractivity contribution in [2.75, 3.05) is 24.3 Å². The third-order valence-electron chi connectivity index (χ3n) is 6.47. The summed E-state index contributed by atoms with van der Waals surface area (Å²) in [4.78, 5) is 31.5. The minimum Gasteiger partial charge on any atom is -0.398 e. The van der Waals surface area contributed by atoms with Crippen molar-refractivity contribution in [3.63, 3.8) is 0 Å². The maximum atomic E-state index is 13.8. The fourth-order valence-corrected chi connectivity index (χ4v) is 4.58. The second-order valence-electron chi connectivity index (χ2n) is 8.98. The second-order valence-corrected chi connectivity index (χ2v) is 8.98. The van der Waals surface area contributed by atoms with E-state index in [-0.39, 0.29) is 18.0 Å². The van der Waals surface area contributed by atoms with Gasteiger partial charge in [-0.3, -0.25) is 9.59 Å². The first kappa shape index (κ1) is 26.2. The molecule has 2 aromatic carbocycles. The molecule has 1 aliphatic heterocycles. The summed E-state index contributed by atoms with van der Waals surface area (Å²) < 4.78 is 46.9. The largest absolute Gasteiger partial charge is 0.416 e. The Morgan fingerprint density at radius 2 is 1.90 bits per heavy atom. The molecule has 2 aromatic heterocycles. The average molecular weight is 539 g/mol. The van der Waals surface area contributed by atoms with Gasteiger partial charge in [-0.25, -0.2) is 0 Å². The Labute approximate surface area is 220 Å². The minimum absolute atomic E-state index is 0.167. The summed E-state index contributed by atoms with van der Waals surface area (Å²) in [5.41, 5.74) is 7.71.